The van der Waals surface area contributed by atoms with E-state index in [2.05, 4.69) is 10.3 Å². The molecule has 0 radical (unpaired) electrons. The minimum absolute atomic E-state index is 0.0362. The first-order chi connectivity index (χ1) is 14.7. The van der Waals surface area contributed by atoms with Crippen molar-refractivity contribution < 1.29 is 27.4 Å². The fourth-order valence-electron chi connectivity index (χ4n) is 3.17. The van der Waals surface area contributed by atoms with Crippen molar-refractivity contribution >= 4 is 16.9 Å². The largest absolute Gasteiger partial charge is 0.497 e. The third-order valence-electron chi connectivity index (χ3n) is 4.78. The van der Waals surface area contributed by atoms with Crippen LogP contribution in [0.5, 0.6) is 11.5 Å². The van der Waals surface area contributed by atoms with Crippen molar-refractivity contribution in [2.45, 2.75) is 25.7 Å². The predicted molar refractivity (Wildman–Crippen MR) is 107 cm³/mol. The number of ether oxygens (including phenoxy) is 2. The molecule has 1 atom stereocenters. The number of halogens is 3. The first-order valence-corrected chi connectivity index (χ1v) is 9.24. The summed E-state index contributed by atoms with van der Waals surface area (Å²) in [6.07, 6.45) is -4.95. The van der Waals surface area contributed by atoms with Gasteiger partial charge in [0.25, 0.3) is 5.56 Å². The van der Waals surface area contributed by atoms with Crippen molar-refractivity contribution in [1.82, 2.24) is 14.9 Å². The standard InChI is InChI=1S/C21H20F3N3O4/c1-12(19(28)25-11-13-8-9-14(30-2)10-17(13)31-3)27-16-7-5-4-6-15(16)26-18(20(27)29)21(22,23)24/h4-10,12H,11H2,1-3H3,(H,25,28). The number of benzene rings is 2. The van der Waals surface area contributed by atoms with Gasteiger partial charge < -0.3 is 14.8 Å². The molecule has 1 N–H and O–H groups in total. The smallest absolute Gasteiger partial charge is 0.438 e. The molecule has 1 aromatic heterocycles. The van der Waals surface area contributed by atoms with Crippen LogP contribution in [0.15, 0.2) is 47.3 Å². The Morgan fingerprint density at radius 1 is 1.16 bits per heavy atom. The van der Waals surface area contributed by atoms with E-state index >= 15 is 0 Å². The summed E-state index contributed by atoms with van der Waals surface area (Å²) >= 11 is 0. The molecular weight excluding hydrogens is 415 g/mol. The quantitative estimate of drug-likeness (QED) is 0.643. The lowest BCUT2D eigenvalue weighted by Gasteiger charge is -2.19. The van der Waals surface area contributed by atoms with Crippen molar-refractivity contribution in [3.05, 3.63) is 64.1 Å². The molecule has 0 bridgehead atoms. The summed E-state index contributed by atoms with van der Waals surface area (Å²) in [5.74, 6) is 0.400. The molecule has 0 aliphatic heterocycles. The van der Waals surface area contributed by atoms with E-state index in [4.69, 9.17) is 9.47 Å². The van der Waals surface area contributed by atoms with Crippen LogP contribution in [0.4, 0.5) is 13.2 Å². The fourth-order valence-corrected chi connectivity index (χ4v) is 3.17. The number of para-hydroxylation sites is 2. The molecule has 0 aliphatic carbocycles. The summed E-state index contributed by atoms with van der Waals surface area (Å²) in [6, 6.07) is 9.66. The van der Waals surface area contributed by atoms with E-state index in [1.54, 1.807) is 24.3 Å². The molecule has 0 spiro atoms. The number of methoxy groups -OCH3 is 2. The summed E-state index contributed by atoms with van der Waals surface area (Å²) in [5.41, 5.74) is -2.22. The van der Waals surface area contributed by atoms with E-state index in [0.29, 0.717) is 17.1 Å². The number of hydrogen-bond acceptors (Lipinski definition) is 5. The number of carbonyl (C=O) groups excluding carboxylic acids is 1. The summed E-state index contributed by atoms with van der Waals surface area (Å²) < 4.78 is 51.2. The summed E-state index contributed by atoms with van der Waals surface area (Å²) in [4.78, 5) is 28.8. The Balaban J connectivity index is 1.94. The number of nitrogens with one attached hydrogen (secondary N) is 1. The van der Waals surface area contributed by atoms with Crippen LogP contribution in [0.2, 0.25) is 0 Å². The highest BCUT2D eigenvalue weighted by atomic mass is 19.4. The summed E-state index contributed by atoms with van der Waals surface area (Å²) in [5, 5.41) is 2.64. The molecule has 2 aromatic carbocycles. The van der Waals surface area contributed by atoms with Crippen LogP contribution < -0.4 is 20.3 Å². The monoisotopic (exact) mass is 435 g/mol. The van der Waals surface area contributed by atoms with Crippen LogP contribution in [0.25, 0.3) is 11.0 Å². The van der Waals surface area contributed by atoms with Crippen molar-refractivity contribution in [1.29, 1.82) is 0 Å². The zero-order chi connectivity index (χ0) is 22.8. The van der Waals surface area contributed by atoms with Crippen molar-refractivity contribution in [3.63, 3.8) is 0 Å². The molecule has 0 aliphatic rings. The van der Waals surface area contributed by atoms with Gasteiger partial charge in [-0.1, -0.05) is 12.1 Å². The van der Waals surface area contributed by atoms with E-state index in [-0.39, 0.29) is 17.6 Å². The van der Waals surface area contributed by atoms with Crippen LogP contribution in [0, 0.1) is 0 Å². The number of alkyl halides is 3. The van der Waals surface area contributed by atoms with Gasteiger partial charge in [-0.15, -0.1) is 0 Å². The third kappa shape index (κ3) is 4.47. The summed E-state index contributed by atoms with van der Waals surface area (Å²) in [6.45, 7) is 1.40. The van der Waals surface area contributed by atoms with Crippen LogP contribution in [-0.4, -0.2) is 29.7 Å². The maximum Gasteiger partial charge on any atom is 0.438 e. The first-order valence-electron chi connectivity index (χ1n) is 9.24. The molecular formula is C21H20F3N3O4. The Morgan fingerprint density at radius 3 is 2.52 bits per heavy atom. The Morgan fingerprint density at radius 2 is 1.87 bits per heavy atom. The Bertz CT molecular complexity index is 1170. The van der Waals surface area contributed by atoms with Gasteiger partial charge >= 0.3 is 6.18 Å². The van der Waals surface area contributed by atoms with Crippen LogP contribution in [0.1, 0.15) is 24.2 Å². The van der Waals surface area contributed by atoms with E-state index in [0.717, 1.165) is 4.57 Å². The number of amides is 1. The van der Waals surface area contributed by atoms with E-state index in [1.165, 1.54) is 39.3 Å². The molecule has 10 heteroatoms. The second-order valence-electron chi connectivity index (χ2n) is 6.69. The minimum Gasteiger partial charge on any atom is -0.497 e. The molecule has 3 aromatic rings. The highest BCUT2D eigenvalue weighted by Gasteiger charge is 2.38. The maximum atomic E-state index is 13.3. The molecule has 0 saturated carbocycles. The molecule has 1 heterocycles. The maximum absolute atomic E-state index is 13.3. The number of hydrogen-bond donors (Lipinski definition) is 1. The molecule has 0 saturated heterocycles. The Kier molecular flexibility index (Phi) is 6.19. The zero-order valence-electron chi connectivity index (χ0n) is 17.0. The molecule has 164 valence electrons. The Hall–Kier alpha value is -3.56. The van der Waals surface area contributed by atoms with Gasteiger partial charge in [-0.3, -0.25) is 14.2 Å². The summed E-state index contributed by atoms with van der Waals surface area (Å²) in [7, 11) is 2.97. The van der Waals surface area contributed by atoms with Crippen LogP contribution in [-0.2, 0) is 17.5 Å². The van der Waals surface area contributed by atoms with Gasteiger partial charge in [0.1, 0.15) is 17.5 Å². The van der Waals surface area contributed by atoms with Crippen LogP contribution >= 0.6 is 0 Å². The number of carbonyl (C=O) groups is 1. The average Bonchev–Trinajstić information content (AvgIpc) is 2.75. The number of fused-ring (bicyclic) bond motifs is 1. The van der Waals surface area contributed by atoms with Gasteiger partial charge in [0.15, 0.2) is 0 Å². The second kappa shape index (κ2) is 8.66. The first kappa shape index (κ1) is 22.1. The zero-order valence-corrected chi connectivity index (χ0v) is 17.0. The van der Waals surface area contributed by atoms with E-state index in [9.17, 15) is 22.8 Å². The molecule has 1 amide bonds. The lowest BCUT2D eigenvalue weighted by molar-refractivity contribution is -0.142. The van der Waals surface area contributed by atoms with Gasteiger partial charge in [0, 0.05) is 18.2 Å². The van der Waals surface area contributed by atoms with Gasteiger partial charge in [0.2, 0.25) is 11.6 Å². The highest BCUT2D eigenvalue weighted by Crippen LogP contribution is 2.28. The highest BCUT2D eigenvalue weighted by molar-refractivity contribution is 5.83. The van der Waals surface area contributed by atoms with E-state index in [1.807, 2.05) is 0 Å². The van der Waals surface area contributed by atoms with Crippen molar-refractivity contribution in [2.75, 3.05) is 14.2 Å². The third-order valence-corrected chi connectivity index (χ3v) is 4.78. The van der Waals surface area contributed by atoms with Crippen molar-refractivity contribution in [2.24, 2.45) is 0 Å². The number of rotatable bonds is 6. The number of aromatic nitrogens is 2. The number of nitrogens with zero attached hydrogens (tertiary/aromatic N) is 2. The molecule has 31 heavy (non-hydrogen) atoms. The van der Waals surface area contributed by atoms with Gasteiger partial charge in [-0.05, 0) is 31.2 Å². The molecule has 0 fully saturated rings. The van der Waals surface area contributed by atoms with Crippen LogP contribution in [0.3, 0.4) is 0 Å². The Labute approximate surface area is 175 Å². The lowest BCUT2D eigenvalue weighted by Crippen LogP contribution is -2.39. The molecule has 1 unspecified atom stereocenters. The van der Waals surface area contributed by atoms with E-state index < -0.39 is 29.4 Å². The minimum atomic E-state index is -4.95. The van der Waals surface area contributed by atoms with Crippen molar-refractivity contribution in [3.8, 4) is 11.5 Å². The second-order valence-corrected chi connectivity index (χ2v) is 6.69. The SMILES string of the molecule is COc1ccc(CNC(=O)C(C)n2c(=O)c(C(F)(F)F)nc3ccccc32)c(OC)c1. The predicted octanol–water partition coefficient (Wildman–Crippen LogP) is 3.31. The normalized spacial score (nSPS) is 12.5. The lowest BCUT2D eigenvalue weighted by atomic mass is 10.1. The van der Waals surface area contributed by atoms with Gasteiger partial charge in [-0.2, -0.15) is 13.2 Å². The average molecular weight is 435 g/mol. The fraction of sp³-hybridized carbons (Fsp3) is 0.286. The van der Waals surface area contributed by atoms with Gasteiger partial charge in [0.05, 0.1) is 25.3 Å². The topological polar surface area (TPSA) is 82.5 Å². The van der Waals surface area contributed by atoms with Gasteiger partial charge in [-0.25, -0.2) is 4.98 Å². The molecule has 3 rings (SSSR count). The molecule has 7 nitrogen and oxygen atoms in total.